The van der Waals surface area contributed by atoms with Gasteiger partial charge in [0.25, 0.3) is 5.56 Å². The Bertz CT molecular complexity index is 803. The van der Waals surface area contributed by atoms with E-state index in [0.717, 1.165) is 56.9 Å². The fourth-order valence-electron chi connectivity index (χ4n) is 5.22. The zero-order chi connectivity index (χ0) is 21.1. The summed E-state index contributed by atoms with van der Waals surface area (Å²) in [6, 6.07) is 4.11. The van der Waals surface area contributed by atoms with Crippen LogP contribution in [0.3, 0.4) is 0 Å². The first-order chi connectivity index (χ1) is 14.6. The molecule has 3 aliphatic rings. The quantitative estimate of drug-likeness (QED) is 0.669. The zero-order valence-corrected chi connectivity index (χ0v) is 18.0. The maximum atomic E-state index is 13.2. The van der Waals surface area contributed by atoms with E-state index in [2.05, 4.69) is 15.9 Å². The van der Waals surface area contributed by atoms with E-state index in [1.807, 2.05) is 15.5 Å². The number of piperazine rings is 1. The lowest BCUT2D eigenvalue weighted by Gasteiger charge is -2.43. The molecule has 1 aromatic rings. The smallest absolute Gasteiger partial charge is 0.255 e. The standard InChI is InChI=1S/C22H34N4O4/c1-30-11-4-21(28)25-13-17-12-19(16-25)20-3-2-18(22(29)26(20)14-17)15-24-7-5-23(6-8-24)9-10-27/h2-3,17,19,27H,4-16H2,1H3/t17-,19+/m0/s1. The third kappa shape index (κ3) is 4.61. The van der Waals surface area contributed by atoms with Gasteiger partial charge in [0.1, 0.15) is 0 Å². The molecule has 2 saturated heterocycles. The van der Waals surface area contributed by atoms with Crippen molar-refractivity contribution >= 4 is 5.91 Å². The van der Waals surface area contributed by atoms with Crippen LogP contribution in [0.4, 0.5) is 0 Å². The van der Waals surface area contributed by atoms with E-state index in [-0.39, 0.29) is 24.0 Å². The van der Waals surface area contributed by atoms with Crippen molar-refractivity contribution in [2.24, 2.45) is 5.92 Å². The molecule has 8 heteroatoms. The van der Waals surface area contributed by atoms with Crippen molar-refractivity contribution in [1.29, 1.82) is 0 Å². The summed E-state index contributed by atoms with van der Waals surface area (Å²) in [4.78, 5) is 32.3. The van der Waals surface area contributed by atoms with E-state index in [4.69, 9.17) is 9.84 Å². The maximum Gasteiger partial charge on any atom is 0.255 e. The molecule has 166 valence electrons. The maximum absolute atomic E-state index is 13.2. The fourth-order valence-corrected chi connectivity index (χ4v) is 5.22. The second kappa shape index (κ2) is 9.60. The monoisotopic (exact) mass is 418 g/mol. The molecule has 0 aliphatic carbocycles. The number of β-amino-alcohol motifs (C(OH)–C–C–N with tert-alkyl or cyclic N) is 1. The normalized spacial score (nSPS) is 24.7. The molecule has 0 aromatic carbocycles. The number of hydrogen-bond donors (Lipinski definition) is 1. The Morgan fingerprint density at radius 1 is 1.13 bits per heavy atom. The molecule has 2 atom stereocenters. The second-order valence-electron chi connectivity index (χ2n) is 8.88. The molecule has 2 fully saturated rings. The Hall–Kier alpha value is -1.74. The van der Waals surface area contributed by atoms with Gasteiger partial charge in [-0.25, -0.2) is 0 Å². The van der Waals surface area contributed by atoms with E-state index >= 15 is 0 Å². The van der Waals surface area contributed by atoms with Crippen LogP contribution in [0, 0.1) is 5.92 Å². The summed E-state index contributed by atoms with van der Waals surface area (Å²) in [6.07, 6.45) is 1.48. The molecule has 1 aromatic heterocycles. The number of likely N-dealkylation sites (tertiary alicyclic amines) is 1. The molecule has 3 aliphatic heterocycles. The summed E-state index contributed by atoms with van der Waals surface area (Å²) >= 11 is 0. The summed E-state index contributed by atoms with van der Waals surface area (Å²) in [7, 11) is 1.62. The number of carbonyl (C=O) groups excluding carboxylic acids is 1. The van der Waals surface area contributed by atoms with Gasteiger partial charge in [-0.15, -0.1) is 0 Å². The fraction of sp³-hybridized carbons (Fsp3) is 0.727. The van der Waals surface area contributed by atoms with E-state index in [9.17, 15) is 9.59 Å². The van der Waals surface area contributed by atoms with Crippen LogP contribution in [0.5, 0.6) is 0 Å². The Labute approximate surface area is 178 Å². The Morgan fingerprint density at radius 3 is 2.63 bits per heavy atom. The van der Waals surface area contributed by atoms with Gasteiger partial charge in [-0.05, 0) is 18.4 Å². The first kappa shape index (κ1) is 21.5. The number of pyridine rings is 1. The summed E-state index contributed by atoms with van der Waals surface area (Å²) in [5.74, 6) is 0.741. The number of nitrogens with zero attached hydrogens (tertiary/aromatic N) is 4. The molecule has 4 heterocycles. The number of aliphatic hydroxyl groups excluding tert-OH is 1. The molecular weight excluding hydrogens is 384 g/mol. The van der Waals surface area contributed by atoms with E-state index in [0.29, 0.717) is 38.6 Å². The number of ether oxygens (including phenoxy) is 1. The third-order valence-electron chi connectivity index (χ3n) is 6.83. The van der Waals surface area contributed by atoms with Crippen LogP contribution in [0.15, 0.2) is 16.9 Å². The molecule has 2 bridgehead atoms. The van der Waals surface area contributed by atoms with Gasteiger partial charge in [0, 0.05) is 83.2 Å². The van der Waals surface area contributed by atoms with Crippen molar-refractivity contribution in [2.75, 3.05) is 66.1 Å². The minimum absolute atomic E-state index is 0.138. The highest BCUT2D eigenvalue weighted by molar-refractivity contribution is 5.76. The zero-order valence-electron chi connectivity index (χ0n) is 18.0. The molecule has 4 rings (SSSR count). The van der Waals surface area contributed by atoms with E-state index < -0.39 is 0 Å². The highest BCUT2D eigenvalue weighted by Crippen LogP contribution is 2.35. The molecule has 0 saturated carbocycles. The average Bonchev–Trinajstić information content (AvgIpc) is 2.75. The summed E-state index contributed by atoms with van der Waals surface area (Å²) in [6.45, 7) is 7.92. The minimum atomic E-state index is 0.138. The number of fused-ring (bicyclic) bond motifs is 4. The molecule has 1 amide bonds. The number of rotatable bonds is 7. The lowest BCUT2D eigenvalue weighted by molar-refractivity contribution is -0.134. The van der Waals surface area contributed by atoms with Crippen LogP contribution in [0.2, 0.25) is 0 Å². The Balaban J connectivity index is 1.43. The van der Waals surface area contributed by atoms with Crippen LogP contribution in [0.25, 0.3) is 0 Å². The molecule has 0 radical (unpaired) electrons. The molecule has 0 spiro atoms. The number of hydrogen-bond acceptors (Lipinski definition) is 6. The first-order valence-corrected chi connectivity index (χ1v) is 11.1. The minimum Gasteiger partial charge on any atom is -0.395 e. The van der Waals surface area contributed by atoms with Crippen molar-refractivity contribution in [3.05, 3.63) is 33.7 Å². The molecule has 0 unspecified atom stereocenters. The molecule has 30 heavy (non-hydrogen) atoms. The Kier molecular flexibility index (Phi) is 6.87. The van der Waals surface area contributed by atoms with Gasteiger partial charge in [-0.3, -0.25) is 19.4 Å². The molecular formula is C22H34N4O4. The molecule has 8 nitrogen and oxygen atoms in total. The number of carbonyl (C=O) groups is 1. The number of methoxy groups -OCH3 is 1. The third-order valence-corrected chi connectivity index (χ3v) is 6.83. The molecule has 1 N–H and O–H groups in total. The SMILES string of the molecule is COCCC(=O)N1C[C@@H]2C[C@H](C1)c1ccc(CN3CCN(CCO)CC3)c(=O)n1C2. The van der Waals surface area contributed by atoms with Crippen molar-refractivity contribution in [3.63, 3.8) is 0 Å². The van der Waals surface area contributed by atoms with Gasteiger partial charge in [-0.1, -0.05) is 6.07 Å². The van der Waals surface area contributed by atoms with Crippen molar-refractivity contribution in [3.8, 4) is 0 Å². The van der Waals surface area contributed by atoms with Gasteiger partial charge < -0.3 is 19.3 Å². The van der Waals surface area contributed by atoms with Crippen molar-refractivity contribution < 1.29 is 14.6 Å². The summed E-state index contributed by atoms with van der Waals surface area (Å²) in [5, 5.41) is 9.09. The van der Waals surface area contributed by atoms with E-state index in [1.165, 1.54) is 0 Å². The van der Waals surface area contributed by atoms with Gasteiger partial charge >= 0.3 is 0 Å². The van der Waals surface area contributed by atoms with Crippen LogP contribution in [-0.2, 0) is 22.6 Å². The number of aliphatic hydroxyl groups is 1. The largest absolute Gasteiger partial charge is 0.395 e. The van der Waals surface area contributed by atoms with Crippen LogP contribution in [-0.4, -0.2) is 96.4 Å². The van der Waals surface area contributed by atoms with Gasteiger partial charge in [0.05, 0.1) is 19.6 Å². The van der Waals surface area contributed by atoms with Crippen LogP contribution < -0.4 is 5.56 Å². The lowest BCUT2D eigenvalue weighted by Crippen LogP contribution is -2.50. The van der Waals surface area contributed by atoms with Crippen LogP contribution in [0.1, 0.15) is 30.0 Å². The first-order valence-electron chi connectivity index (χ1n) is 11.1. The highest BCUT2D eigenvalue weighted by atomic mass is 16.5. The highest BCUT2D eigenvalue weighted by Gasteiger charge is 2.36. The van der Waals surface area contributed by atoms with Crippen molar-refractivity contribution in [1.82, 2.24) is 19.3 Å². The van der Waals surface area contributed by atoms with Crippen molar-refractivity contribution in [2.45, 2.75) is 31.8 Å². The number of amides is 1. The van der Waals surface area contributed by atoms with E-state index in [1.54, 1.807) is 7.11 Å². The second-order valence-corrected chi connectivity index (χ2v) is 8.88. The van der Waals surface area contributed by atoms with Crippen LogP contribution >= 0.6 is 0 Å². The topological polar surface area (TPSA) is 78.2 Å². The predicted molar refractivity (Wildman–Crippen MR) is 113 cm³/mol. The van der Waals surface area contributed by atoms with Gasteiger partial charge in [0.15, 0.2) is 0 Å². The average molecular weight is 419 g/mol. The Morgan fingerprint density at radius 2 is 1.90 bits per heavy atom. The van der Waals surface area contributed by atoms with Gasteiger partial charge in [0.2, 0.25) is 5.91 Å². The summed E-state index contributed by atoms with van der Waals surface area (Å²) in [5.41, 5.74) is 2.08. The number of piperidine rings is 1. The predicted octanol–water partition coefficient (Wildman–Crippen LogP) is -0.0596. The lowest BCUT2D eigenvalue weighted by atomic mass is 9.83. The number of aromatic nitrogens is 1. The summed E-state index contributed by atoms with van der Waals surface area (Å²) < 4.78 is 7.03. The van der Waals surface area contributed by atoms with Gasteiger partial charge in [-0.2, -0.15) is 0 Å².